The number of nitrogens with one attached hydrogen (secondary N) is 1. The summed E-state index contributed by atoms with van der Waals surface area (Å²) < 4.78 is 4.98. The number of carboxylic acids is 1. The van der Waals surface area contributed by atoms with Gasteiger partial charge in [0.2, 0.25) is 0 Å². The summed E-state index contributed by atoms with van der Waals surface area (Å²) >= 11 is 0. The smallest absolute Gasteiger partial charge is 0.320 e. The minimum Gasteiger partial charge on any atom is -0.480 e. The predicted molar refractivity (Wildman–Crippen MR) is 68.3 cm³/mol. The highest BCUT2D eigenvalue weighted by Gasteiger charge is 2.15. The normalized spacial score (nSPS) is 12.9. The minimum absolute atomic E-state index is 0.411. The van der Waals surface area contributed by atoms with Crippen LogP contribution in [0.15, 0.2) is 0 Å². The van der Waals surface area contributed by atoms with E-state index in [1.165, 1.54) is 0 Å². The molecule has 0 aromatic carbocycles. The van der Waals surface area contributed by atoms with Gasteiger partial charge in [-0.3, -0.25) is 4.79 Å². The Kier molecular flexibility index (Phi) is 10.1. The lowest BCUT2D eigenvalue weighted by Gasteiger charge is -2.19. The number of aliphatic carboxylic acids is 1. The maximum Gasteiger partial charge on any atom is 0.320 e. The molecule has 5 nitrogen and oxygen atoms in total. The molecule has 1 unspecified atom stereocenters. The van der Waals surface area contributed by atoms with E-state index < -0.39 is 12.0 Å². The van der Waals surface area contributed by atoms with Gasteiger partial charge in [-0.15, -0.1) is 0 Å². The van der Waals surface area contributed by atoms with E-state index in [1.54, 1.807) is 7.11 Å². The van der Waals surface area contributed by atoms with Crippen molar-refractivity contribution in [1.29, 1.82) is 0 Å². The van der Waals surface area contributed by atoms with E-state index in [1.807, 2.05) is 7.05 Å². The summed E-state index contributed by atoms with van der Waals surface area (Å²) in [5.74, 6) is -0.752. The summed E-state index contributed by atoms with van der Waals surface area (Å²) in [6, 6.07) is -0.411. The zero-order valence-electron chi connectivity index (χ0n) is 11.2. The second kappa shape index (κ2) is 10.5. The number of ether oxygens (including phenoxy) is 1. The van der Waals surface area contributed by atoms with Crippen LogP contribution in [-0.4, -0.2) is 62.4 Å². The van der Waals surface area contributed by atoms with Crippen LogP contribution in [0.1, 0.15) is 26.2 Å². The van der Waals surface area contributed by atoms with Crippen molar-refractivity contribution in [2.24, 2.45) is 0 Å². The number of carboxylic acid groups (broad SMARTS) is 1. The Bertz CT molecular complexity index is 200. The molecule has 0 aliphatic rings. The highest BCUT2D eigenvalue weighted by Crippen LogP contribution is 2.00. The third-order valence-electron chi connectivity index (χ3n) is 2.71. The molecule has 0 aliphatic carbocycles. The van der Waals surface area contributed by atoms with Gasteiger partial charge in [0.05, 0.1) is 6.61 Å². The number of carbonyl (C=O) groups is 1. The molecule has 0 aliphatic heterocycles. The van der Waals surface area contributed by atoms with Crippen LogP contribution >= 0.6 is 0 Å². The van der Waals surface area contributed by atoms with Crippen LogP contribution in [0.25, 0.3) is 0 Å². The Balaban J connectivity index is 3.69. The Morgan fingerprint density at radius 1 is 1.47 bits per heavy atom. The Hall–Kier alpha value is -0.650. The fourth-order valence-electron chi connectivity index (χ4n) is 1.51. The highest BCUT2D eigenvalue weighted by atomic mass is 16.5. The van der Waals surface area contributed by atoms with Crippen LogP contribution in [0.2, 0.25) is 0 Å². The van der Waals surface area contributed by atoms with Crippen LogP contribution in [0.3, 0.4) is 0 Å². The quantitative estimate of drug-likeness (QED) is 0.564. The number of hydrogen-bond donors (Lipinski definition) is 2. The number of unbranched alkanes of at least 4 members (excludes halogenated alkanes) is 1. The molecule has 0 saturated heterocycles. The summed E-state index contributed by atoms with van der Waals surface area (Å²) in [5.41, 5.74) is 0. The summed E-state index contributed by atoms with van der Waals surface area (Å²) in [7, 11) is 3.68. The molecule has 5 heteroatoms. The van der Waals surface area contributed by atoms with Gasteiger partial charge in [-0.25, -0.2) is 0 Å². The van der Waals surface area contributed by atoms with Crippen molar-refractivity contribution in [3.63, 3.8) is 0 Å². The lowest BCUT2D eigenvalue weighted by Crippen LogP contribution is -2.41. The zero-order chi connectivity index (χ0) is 13.1. The molecule has 0 saturated carbocycles. The van der Waals surface area contributed by atoms with Gasteiger partial charge in [0, 0.05) is 26.7 Å². The lowest BCUT2D eigenvalue weighted by atomic mass is 10.1. The second-order valence-electron chi connectivity index (χ2n) is 4.28. The fraction of sp³-hybridized carbons (Fsp3) is 0.917. The molecule has 0 aromatic heterocycles. The number of rotatable bonds is 11. The van der Waals surface area contributed by atoms with Crippen LogP contribution < -0.4 is 5.32 Å². The first kappa shape index (κ1) is 16.4. The van der Waals surface area contributed by atoms with Crippen molar-refractivity contribution in [3.8, 4) is 0 Å². The molecule has 0 spiro atoms. The average molecular weight is 246 g/mol. The van der Waals surface area contributed by atoms with E-state index in [-0.39, 0.29) is 0 Å². The average Bonchev–Trinajstić information content (AvgIpc) is 2.30. The molecule has 0 amide bonds. The number of hydrogen-bond acceptors (Lipinski definition) is 4. The molecule has 102 valence electrons. The fourth-order valence-corrected chi connectivity index (χ4v) is 1.51. The Morgan fingerprint density at radius 3 is 2.71 bits per heavy atom. The molecule has 0 aromatic rings. The molecule has 17 heavy (non-hydrogen) atoms. The largest absolute Gasteiger partial charge is 0.480 e. The molecule has 0 radical (unpaired) electrons. The van der Waals surface area contributed by atoms with E-state index in [9.17, 15) is 4.79 Å². The van der Waals surface area contributed by atoms with Crippen LogP contribution in [0.5, 0.6) is 0 Å². The van der Waals surface area contributed by atoms with Gasteiger partial charge in [-0.05, 0) is 13.5 Å². The monoisotopic (exact) mass is 246 g/mol. The minimum atomic E-state index is -0.752. The van der Waals surface area contributed by atoms with Gasteiger partial charge >= 0.3 is 5.97 Å². The van der Waals surface area contributed by atoms with Gasteiger partial charge in [0.25, 0.3) is 0 Å². The molecule has 0 bridgehead atoms. The molecular weight excluding hydrogens is 220 g/mol. The zero-order valence-corrected chi connectivity index (χ0v) is 11.2. The van der Waals surface area contributed by atoms with Gasteiger partial charge in [0.15, 0.2) is 0 Å². The standard InChI is InChI=1S/C12H26N2O3/c1-4-5-6-11(12(15)16)13-7-8-14(2)9-10-17-3/h11,13H,4-10H2,1-3H3,(H,15,16). The SMILES string of the molecule is CCCCC(NCCN(C)CCOC)C(=O)O. The van der Waals surface area contributed by atoms with Crippen molar-refractivity contribution in [2.45, 2.75) is 32.2 Å². The van der Waals surface area contributed by atoms with E-state index in [2.05, 4.69) is 17.1 Å². The first-order chi connectivity index (χ1) is 8.11. The number of likely N-dealkylation sites (N-methyl/N-ethyl adjacent to an activating group) is 1. The molecule has 0 rings (SSSR count). The van der Waals surface area contributed by atoms with Crippen LogP contribution in [-0.2, 0) is 9.53 Å². The van der Waals surface area contributed by atoms with E-state index in [0.717, 1.165) is 25.9 Å². The van der Waals surface area contributed by atoms with Crippen molar-refractivity contribution in [3.05, 3.63) is 0 Å². The molecule has 1 atom stereocenters. The summed E-state index contributed by atoms with van der Waals surface area (Å²) in [6.45, 7) is 5.16. The lowest BCUT2D eigenvalue weighted by molar-refractivity contribution is -0.139. The van der Waals surface area contributed by atoms with Crippen molar-refractivity contribution < 1.29 is 14.6 Å². The van der Waals surface area contributed by atoms with E-state index >= 15 is 0 Å². The highest BCUT2D eigenvalue weighted by molar-refractivity contribution is 5.73. The van der Waals surface area contributed by atoms with E-state index in [4.69, 9.17) is 9.84 Å². The Morgan fingerprint density at radius 2 is 2.18 bits per heavy atom. The van der Waals surface area contributed by atoms with Crippen molar-refractivity contribution in [2.75, 3.05) is 40.4 Å². The predicted octanol–water partition coefficient (Wildman–Crippen LogP) is 0.798. The summed E-state index contributed by atoms with van der Waals surface area (Å²) in [6.07, 6.45) is 2.68. The molecule has 0 heterocycles. The number of methoxy groups -OCH3 is 1. The first-order valence-corrected chi connectivity index (χ1v) is 6.25. The first-order valence-electron chi connectivity index (χ1n) is 6.25. The maximum absolute atomic E-state index is 11.0. The van der Waals surface area contributed by atoms with Crippen molar-refractivity contribution >= 4 is 5.97 Å². The number of nitrogens with zero attached hydrogens (tertiary/aromatic N) is 1. The van der Waals surface area contributed by atoms with Gasteiger partial charge < -0.3 is 20.1 Å². The molecule has 0 fully saturated rings. The van der Waals surface area contributed by atoms with Crippen LogP contribution in [0, 0.1) is 0 Å². The van der Waals surface area contributed by atoms with Crippen LogP contribution in [0.4, 0.5) is 0 Å². The van der Waals surface area contributed by atoms with Crippen molar-refractivity contribution in [1.82, 2.24) is 10.2 Å². The summed E-state index contributed by atoms with van der Waals surface area (Å²) in [5, 5.41) is 12.1. The van der Waals surface area contributed by atoms with Gasteiger partial charge in [-0.2, -0.15) is 0 Å². The molecular formula is C12H26N2O3. The summed E-state index contributed by atoms with van der Waals surface area (Å²) in [4.78, 5) is 13.1. The third-order valence-corrected chi connectivity index (χ3v) is 2.71. The third kappa shape index (κ3) is 9.09. The second-order valence-corrected chi connectivity index (χ2v) is 4.28. The maximum atomic E-state index is 11.0. The van der Waals surface area contributed by atoms with E-state index in [0.29, 0.717) is 19.6 Å². The van der Waals surface area contributed by atoms with Gasteiger partial charge in [0.1, 0.15) is 6.04 Å². The Labute approximate surface area is 104 Å². The topological polar surface area (TPSA) is 61.8 Å². The molecule has 2 N–H and O–H groups in total. The van der Waals surface area contributed by atoms with Gasteiger partial charge in [-0.1, -0.05) is 19.8 Å².